The Kier molecular flexibility index (Phi) is 4.70. The third kappa shape index (κ3) is 3.51. The first-order valence-electron chi connectivity index (χ1n) is 8.45. The maximum Gasteiger partial charge on any atom is 0.268 e. The first kappa shape index (κ1) is 16.3. The average molecular weight is 320 g/mol. The number of rotatable bonds is 5. The summed E-state index contributed by atoms with van der Waals surface area (Å²) in [5.74, 6) is -0.00749. The summed E-state index contributed by atoms with van der Waals surface area (Å²) < 4.78 is 1.97. The monoisotopic (exact) mass is 320 g/mol. The summed E-state index contributed by atoms with van der Waals surface area (Å²) in [5.41, 5.74) is 4.31. The van der Waals surface area contributed by atoms with Gasteiger partial charge in [0.05, 0.1) is 0 Å². The molecule has 124 valence electrons. The molecule has 24 heavy (non-hydrogen) atoms. The van der Waals surface area contributed by atoms with Gasteiger partial charge in [0.25, 0.3) is 5.91 Å². The molecule has 0 aliphatic rings. The van der Waals surface area contributed by atoms with Gasteiger partial charge < -0.3 is 9.88 Å². The van der Waals surface area contributed by atoms with E-state index in [0.29, 0.717) is 5.69 Å². The molecule has 0 unspecified atom stereocenters. The average Bonchev–Trinajstić information content (AvgIpc) is 2.90. The van der Waals surface area contributed by atoms with Gasteiger partial charge in [0, 0.05) is 24.0 Å². The van der Waals surface area contributed by atoms with Crippen LogP contribution in [0.2, 0.25) is 0 Å². The molecule has 0 fully saturated rings. The van der Waals surface area contributed by atoms with Crippen LogP contribution in [0.4, 0.5) is 0 Å². The van der Waals surface area contributed by atoms with Crippen LogP contribution in [0.15, 0.2) is 54.6 Å². The zero-order valence-electron chi connectivity index (χ0n) is 14.5. The van der Waals surface area contributed by atoms with Crippen LogP contribution in [0, 0.1) is 6.92 Å². The number of carbonyl (C=O) groups is 1. The molecule has 2 aromatic carbocycles. The second-order valence-electron chi connectivity index (χ2n) is 6.55. The summed E-state index contributed by atoms with van der Waals surface area (Å²) in [6.07, 6.45) is 1.90. The van der Waals surface area contributed by atoms with E-state index in [9.17, 15) is 4.79 Å². The zero-order chi connectivity index (χ0) is 17.1. The van der Waals surface area contributed by atoms with Gasteiger partial charge in [-0.15, -0.1) is 0 Å². The molecule has 0 aliphatic heterocycles. The van der Waals surface area contributed by atoms with Gasteiger partial charge in [-0.3, -0.25) is 4.79 Å². The summed E-state index contributed by atoms with van der Waals surface area (Å²) in [5, 5.41) is 4.23. The van der Waals surface area contributed by atoms with Gasteiger partial charge in [0.1, 0.15) is 5.69 Å². The minimum Gasteiger partial charge on any atom is -0.348 e. The number of amides is 1. The second-order valence-corrected chi connectivity index (χ2v) is 6.55. The van der Waals surface area contributed by atoms with E-state index in [1.54, 1.807) is 0 Å². The van der Waals surface area contributed by atoms with Crippen molar-refractivity contribution >= 4 is 16.8 Å². The number of benzene rings is 2. The summed E-state index contributed by atoms with van der Waals surface area (Å²) in [6, 6.07) is 18.8. The fourth-order valence-electron chi connectivity index (χ4n) is 3.08. The van der Waals surface area contributed by atoms with Crippen molar-refractivity contribution in [1.29, 1.82) is 0 Å². The van der Waals surface area contributed by atoms with Crippen molar-refractivity contribution in [2.24, 2.45) is 7.05 Å². The van der Waals surface area contributed by atoms with Crippen molar-refractivity contribution in [2.45, 2.75) is 32.7 Å². The quantitative estimate of drug-likeness (QED) is 0.749. The maximum atomic E-state index is 12.6. The highest BCUT2D eigenvalue weighted by Crippen LogP contribution is 2.20. The number of hydrogen-bond acceptors (Lipinski definition) is 1. The number of carbonyl (C=O) groups excluding carboxylic acids is 1. The zero-order valence-corrected chi connectivity index (χ0v) is 14.5. The lowest BCUT2D eigenvalue weighted by molar-refractivity contribution is 0.0930. The van der Waals surface area contributed by atoms with Gasteiger partial charge in [-0.25, -0.2) is 0 Å². The van der Waals surface area contributed by atoms with Gasteiger partial charge >= 0.3 is 0 Å². The maximum absolute atomic E-state index is 12.6. The Morgan fingerprint density at radius 1 is 1.12 bits per heavy atom. The van der Waals surface area contributed by atoms with E-state index in [1.807, 2.05) is 23.7 Å². The van der Waals surface area contributed by atoms with E-state index in [2.05, 4.69) is 61.6 Å². The number of aryl methyl sites for hydroxylation is 3. The summed E-state index contributed by atoms with van der Waals surface area (Å²) >= 11 is 0. The molecule has 0 saturated carbocycles. The molecule has 3 rings (SSSR count). The molecule has 0 radical (unpaired) electrons. The third-order valence-corrected chi connectivity index (χ3v) is 4.52. The van der Waals surface area contributed by atoms with Crippen molar-refractivity contribution in [1.82, 2.24) is 9.88 Å². The molecule has 1 N–H and O–H groups in total. The lowest BCUT2D eigenvalue weighted by Gasteiger charge is -2.14. The molecule has 1 amide bonds. The molecule has 3 heteroatoms. The van der Waals surface area contributed by atoms with E-state index in [4.69, 9.17) is 0 Å². The third-order valence-electron chi connectivity index (χ3n) is 4.52. The van der Waals surface area contributed by atoms with Gasteiger partial charge in [-0.05, 0) is 50.5 Å². The molecular weight excluding hydrogens is 296 g/mol. The molecule has 1 atom stereocenters. The molecule has 3 aromatic rings. The van der Waals surface area contributed by atoms with Crippen molar-refractivity contribution < 1.29 is 4.79 Å². The Labute approximate surface area is 143 Å². The van der Waals surface area contributed by atoms with E-state index >= 15 is 0 Å². The highest BCUT2D eigenvalue weighted by molar-refractivity contribution is 5.98. The summed E-state index contributed by atoms with van der Waals surface area (Å²) in [6.45, 7) is 4.13. The Morgan fingerprint density at radius 3 is 2.62 bits per heavy atom. The molecule has 0 saturated heterocycles. The topological polar surface area (TPSA) is 34.0 Å². The predicted octanol–water partition coefficient (Wildman–Crippen LogP) is 4.24. The highest BCUT2D eigenvalue weighted by atomic mass is 16.2. The van der Waals surface area contributed by atoms with Gasteiger partial charge in [0.15, 0.2) is 0 Å². The Balaban J connectivity index is 1.67. The molecule has 0 spiro atoms. The predicted molar refractivity (Wildman–Crippen MR) is 99.3 cm³/mol. The minimum atomic E-state index is -0.00749. The number of nitrogens with zero attached hydrogens (tertiary/aromatic N) is 1. The SMILES string of the molecule is Cc1ccc2c(c1)cc(C(=O)N[C@H](C)CCc1ccccc1)n2C. The summed E-state index contributed by atoms with van der Waals surface area (Å²) in [4.78, 5) is 12.6. The van der Waals surface area contributed by atoms with Gasteiger partial charge in [-0.2, -0.15) is 0 Å². The summed E-state index contributed by atoms with van der Waals surface area (Å²) in [7, 11) is 1.95. The van der Waals surface area contributed by atoms with Crippen LogP contribution in [0.1, 0.15) is 35.0 Å². The first-order valence-corrected chi connectivity index (χ1v) is 8.45. The van der Waals surface area contributed by atoms with Crippen LogP contribution in [0.25, 0.3) is 10.9 Å². The van der Waals surface area contributed by atoms with Gasteiger partial charge in [-0.1, -0.05) is 42.0 Å². The van der Waals surface area contributed by atoms with E-state index < -0.39 is 0 Å². The van der Waals surface area contributed by atoms with Crippen LogP contribution in [0.5, 0.6) is 0 Å². The van der Waals surface area contributed by atoms with Crippen molar-refractivity contribution in [3.8, 4) is 0 Å². The minimum absolute atomic E-state index is 0.00749. The molecule has 0 bridgehead atoms. The van der Waals surface area contributed by atoms with E-state index in [0.717, 1.165) is 23.7 Å². The van der Waals surface area contributed by atoms with Crippen LogP contribution in [0.3, 0.4) is 0 Å². The molecular formula is C21H24N2O. The fraction of sp³-hybridized carbons (Fsp3) is 0.286. The van der Waals surface area contributed by atoms with Crippen LogP contribution in [-0.2, 0) is 13.5 Å². The lowest BCUT2D eigenvalue weighted by Crippen LogP contribution is -2.33. The normalized spacial score (nSPS) is 12.3. The number of aromatic nitrogens is 1. The molecule has 3 nitrogen and oxygen atoms in total. The Hall–Kier alpha value is -2.55. The Morgan fingerprint density at radius 2 is 1.88 bits per heavy atom. The van der Waals surface area contributed by atoms with Crippen LogP contribution in [-0.4, -0.2) is 16.5 Å². The number of nitrogens with one attached hydrogen (secondary N) is 1. The highest BCUT2D eigenvalue weighted by Gasteiger charge is 2.15. The smallest absolute Gasteiger partial charge is 0.268 e. The molecule has 1 heterocycles. The number of hydrogen-bond donors (Lipinski definition) is 1. The van der Waals surface area contributed by atoms with Crippen molar-refractivity contribution in [2.75, 3.05) is 0 Å². The van der Waals surface area contributed by atoms with Crippen LogP contribution >= 0.6 is 0 Å². The van der Waals surface area contributed by atoms with Crippen molar-refractivity contribution in [3.63, 3.8) is 0 Å². The fourth-order valence-corrected chi connectivity index (χ4v) is 3.08. The molecule has 0 aliphatic carbocycles. The van der Waals surface area contributed by atoms with Crippen LogP contribution < -0.4 is 5.32 Å². The first-order chi connectivity index (χ1) is 11.5. The number of fused-ring (bicyclic) bond motifs is 1. The van der Waals surface area contributed by atoms with Crippen molar-refractivity contribution in [3.05, 3.63) is 71.4 Å². The lowest BCUT2D eigenvalue weighted by atomic mass is 10.1. The standard InChI is InChI=1S/C21H24N2O/c1-15-9-12-19-18(13-15)14-20(23(19)3)21(24)22-16(2)10-11-17-7-5-4-6-8-17/h4-9,12-14,16H,10-11H2,1-3H3,(H,22,24)/t16-/m1/s1. The Bertz CT molecular complexity index is 849. The van der Waals surface area contributed by atoms with E-state index in [1.165, 1.54) is 11.1 Å². The second kappa shape index (κ2) is 6.91. The van der Waals surface area contributed by atoms with E-state index in [-0.39, 0.29) is 11.9 Å². The van der Waals surface area contributed by atoms with Gasteiger partial charge in [0.2, 0.25) is 0 Å². The largest absolute Gasteiger partial charge is 0.348 e. The molecule has 1 aromatic heterocycles.